The number of rotatable bonds is 7. The third kappa shape index (κ3) is 4.36. The fraction of sp³-hybridized carbons (Fsp3) is 0.455. The first-order chi connectivity index (χ1) is 14.2. The van der Waals surface area contributed by atoms with Crippen LogP contribution in [0, 0.1) is 10.1 Å². The highest BCUT2D eigenvalue weighted by atomic mass is 16.6. The molecule has 2 N–H and O–H groups in total. The normalized spacial score (nSPS) is 17.0. The van der Waals surface area contributed by atoms with Crippen LogP contribution in [-0.2, 0) is 19.5 Å². The third-order valence-corrected chi connectivity index (χ3v) is 6.06. The maximum atomic E-state index is 11.5. The van der Waals surface area contributed by atoms with Crippen molar-refractivity contribution in [1.29, 1.82) is 0 Å². The molecule has 7 nitrogen and oxygen atoms in total. The summed E-state index contributed by atoms with van der Waals surface area (Å²) in [6.45, 7) is 10.1. The molecule has 0 unspecified atom stereocenters. The van der Waals surface area contributed by atoms with E-state index in [1.165, 1.54) is 11.1 Å². The molecule has 2 aromatic rings. The molecule has 0 saturated carbocycles. The summed E-state index contributed by atoms with van der Waals surface area (Å²) >= 11 is 0. The minimum absolute atomic E-state index is 0.153. The Morgan fingerprint density at radius 1 is 1.07 bits per heavy atom. The molecule has 154 valence electrons. The van der Waals surface area contributed by atoms with Crippen molar-refractivity contribution < 1.29 is 4.92 Å². The Kier molecular flexibility index (Phi) is 5.97. The van der Waals surface area contributed by atoms with Crippen molar-refractivity contribution in [1.82, 2.24) is 9.80 Å². The van der Waals surface area contributed by atoms with Gasteiger partial charge in [-0.2, -0.15) is 0 Å². The van der Waals surface area contributed by atoms with Gasteiger partial charge in [0.05, 0.1) is 4.92 Å². The molecule has 2 aliphatic rings. The Morgan fingerprint density at radius 2 is 1.79 bits per heavy atom. The topological polar surface area (TPSA) is 73.7 Å². The summed E-state index contributed by atoms with van der Waals surface area (Å²) in [5.41, 5.74) is 5.32. The van der Waals surface area contributed by atoms with Crippen LogP contribution in [0.15, 0.2) is 36.4 Å². The number of nitrogens with zero attached hydrogens (tertiary/aromatic N) is 3. The fourth-order valence-corrected chi connectivity index (χ4v) is 4.30. The number of benzene rings is 2. The predicted octanol–water partition coefficient (Wildman–Crippen LogP) is 3.31. The van der Waals surface area contributed by atoms with Gasteiger partial charge in [0.15, 0.2) is 0 Å². The molecule has 2 aliphatic heterocycles. The second kappa shape index (κ2) is 8.80. The van der Waals surface area contributed by atoms with E-state index in [4.69, 9.17) is 0 Å². The van der Waals surface area contributed by atoms with Crippen LogP contribution in [0.4, 0.5) is 17.1 Å². The number of nitrogens with one attached hydrogen (secondary N) is 2. The smallest absolute Gasteiger partial charge is 0.292 e. The van der Waals surface area contributed by atoms with Gasteiger partial charge in [0.1, 0.15) is 5.69 Å². The lowest BCUT2D eigenvalue weighted by Gasteiger charge is -2.34. The van der Waals surface area contributed by atoms with Gasteiger partial charge in [-0.3, -0.25) is 15.0 Å². The zero-order chi connectivity index (χ0) is 20.2. The van der Waals surface area contributed by atoms with Gasteiger partial charge in [0.25, 0.3) is 5.69 Å². The monoisotopic (exact) mass is 395 g/mol. The molecule has 1 fully saturated rings. The lowest BCUT2D eigenvalue weighted by atomic mass is 10.0. The molecule has 2 heterocycles. The summed E-state index contributed by atoms with van der Waals surface area (Å²) < 4.78 is 0. The number of nitro groups is 1. The van der Waals surface area contributed by atoms with Crippen LogP contribution in [0.2, 0.25) is 0 Å². The number of hydrogen-bond acceptors (Lipinski definition) is 6. The Balaban J connectivity index is 1.49. The van der Waals surface area contributed by atoms with Crippen molar-refractivity contribution in [2.75, 3.05) is 49.9 Å². The van der Waals surface area contributed by atoms with E-state index < -0.39 is 0 Å². The zero-order valence-electron chi connectivity index (χ0n) is 17.0. The summed E-state index contributed by atoms with van der Waals surface area (Å²) in [7, 11) is 0. The molecule has 0 aliphatic carbocycles. The predicted molar refractivity (Wildman–Crippen MR) is 116 cm³/mol. The molecule has 7 heteroatoms. The molecule has 29 heavy (non-hydrogen) atoms. The summed E-state index contributed by atoms with van der Waals surface area (Å²) in [4.78, 5) is 16.2. The van der Waals surface area contributed by atoms with E-state index in [2.05, 4.69) is 45.6 Å². The molecule has 1 saturated heterocycles. The quantitative estimate of drug-likeness (QED) is 0.553. The van der Waals surface area contributed by atoms with E-state index in [-0.39, 0.29) is 10.6 Å². The summed E-state index contributed by atoms with van der Waals surface area (Å²) in [6, 6.07) is 11.8. The van der Waals surface area contributed by atoms with Crippen molar-refractivity contribution in [2.24, 2.45) is 0 Å². The number of hydrogen-bond donors (Lipinski definition) is 2. The maximum Gasteiger partial charge on any atom is 0.292 e. The van der Waals surface area contributed by atoms with E-state index in [9.17, 15) is 10.1 Å². The Labute approximate surface area is 171 Å². The van der Waals surface area contributed by atoms with Crippen LogP contribution >= 0.6 is 0 Å². The van der Waals surface area contributed by atoms with Crippen molar-refractivity contribution in [2.45, 2.75) is 26.4 Å². The van der Waals surface area contributed by atoms with Crippen LogP contribution in [0.25, 0.3) is 0 Å². The van der Waals surface area contributed by atoms with E-state index >= 15 is 0 Å². The average Bonchev–Trinajstić information content (AvgIpc) is 3.22. The standard InChI is InChI=1S/C22H29N5O2/c1-2-25-11-13-26(14-12-25)16-18-6-4-3-5-17(18)15-24-22-19-9-10-23-20(19)7-8-21(22)27(28)29/h3-8,23-24H,2,9-16H2,1H3. The average molecular weight is 396 g/mol. The van der Waals surface area contributed by atoms with E-state index in [1.807, 2.05) is 12.1 Å². The lowest BCUT2D eigenvalue weighted by molar-refractivity contribution is -0.384. The lowest BCUT2D eigenvalue weighted by Crippen LogP contribution is -2.45. The van der Waals surface area contributed by atoms with Gasteiger partial charge < -0.3 is 15.5 Å². The van der Waals surface area contributed by atoms with Gasteiger partial charge in [-0.05, 0) is 30.2 Å². The van der Waals surface area contributed by atoms with E-state index in [1.54, 1.807) is 6.07 Å². The van der Waals surface area contributed by atoms with E-state index in [0.717, 1.165) is 63.5 Å². The van der Waals surface area contributed by atoms with Crippen LogP contribution < -0.4 is 10.6 Å². The van der Waals surface area contributed by atoms with Gasteiger partial charge in [-0.25, -0.2) is 0 Å². The van der Waals surface area contributed by atoms with Gasteiger partial charge in [-0.15, -0.1) is 0 Å². The van der Waals surface area contributed by atoms with Crippen molar-refractivity contribution in [3.8, 4) is 0 Å². The maximum absolute atomic E-state index is 11.5. The fourth-order valence-electron chi connectivity index (χ4n) is 4.30. The first kappa shape index (κ1) is 19.7. The number of likely N-dealkylation sites (N-methyl/N-ethyl adjacent to an activating group) is 1. The first-order valence-corrected chi connectivity index (χ1v) is 10.4. The van der Waals surface area contributed by atoms with Gasteiger partial charge in [0, 0.05) is 63.1 Å². The Hall–Kier alpha value is -2.64. The number of anilines is 2. The molecule has 0 atom stereocenters. The SMILES string of the molecule is CCN1CCN(Cc2ccccc2CNc2c([N+](=O)[O-])ccc3c2CCN3)CC1. The van der Waals surface area contributed by atoms with Gasteiger partial charge in [0.2, 0.25) is 0 Å². The highest BCUT2D eigenvalue weighted by Crippen LogP contribution is 2.37. The number of fused-ring (bicyclic) bond motifs is 1. The molecule has 0 radical (unpaired) electrons. The molecular formula is C22H29N5O2. The summed E-state index contributed by atoms with van der Waals surface area (Å²) in [5, 5.41) is 18.3. The zero-order valence-corrected chi connectivity index (χ0v) is 17.0. The number of nitro benzene ring substituents is 1. The van der Waals surface area contributed by atoms with Crippen molar-refractivity contribution >= 4 is 17.1 Å². The Morgan fingerprint density at radius 3 is 2.52 bits per heavy atom. The minimum Gasteiger partial charge on any atom is -0.384 e. The highest BCUT2D eigenvalue weighted by Gasteiger charge is 2.24. The van der Waals surface area contributed by atoms with E-state index in [0.29, 0.717) is 12.2 Å². The summed E-state index contributed by atoms with van der Waals surface area (Å²) in [5.74, 6) is 0. The van der Waals surface area contributed by atoms with Crippen LogP contribution in [-0.4, -0.2) is 54.0 Å². The van der Waals surface area contributed by atoms with Gasteiger partial charge >= 0.3 is 0 Å². The first-order valence-electron chi connectivity index (χ1n) is 10.4. The van der Waals surface area contributed by atoms with Crippen LogP contribution in [0.5, 0.6) is 0 Å². The second-order valence-electron chi connectivity index (χ2n) is 7.75. The minimum atomic E-state index is -0.292. The number of piperazine rings is 1. The summed E-state index contributed by atoms with van der Waals surface area (Å²) in [6.07, 6.45) is 0.808. The molecule has 0 aromatic heterocycles. The van der Waals surface area contributed by atoms with Crippen LogP contribution in [0.1, 0.15) is 23.6 Å². The van der Waals surface area contributed by atoms with Crippen molar-refractivity contribution in [3.05, 3.63) is 63.2 Å². The molecular weight excluding hydrogens is 366 g/mol. The molecule has 4 rings (SSSR count). The highest BCUT2D eigenvalue weighted by molar-refractivity contribution is 5.77. The van der Waals surface area contributed by atoms with Crippen molar-refractivity contribution in [3.63, 3.8) is 0 Å². The van der Waals surface area contributed by atoms with Crippen LogP contribution in [0.3, 0.4) is 0 Å². The molecule has 2 aromatic carbocycles. The molecule has 0 spiro atoms. The molecule has 0 bridgehead atoms. The largest absolute Gasteiger partial charge is 0.384 e. The molecule has 0 amide bonds. The Bertz CT molecular complexity index is 878. The van der Waals surface area contributed by atoms with Gasteiger partial charge in [-0.1, -0.05) is 31.2 Å². The second-order valence-corrected chi connectivity index (χ2v) is 7.75. The third-order valence-electron chi connectivity index (χ3n) is 6.06.